The van der Waals surface area contributed by atoms with Gasteiger partial charge in [0.15, 0.2) is 0 Å². The molecule has 0 bridgehead atoms. The Morgan fingerprint density at radius 2 is 1.87 bits per heavy atom. The molecule has 1 heterocycles. The summed E-state index contributed by atoms with van der Waals surface area (Å²) in [6.07, 6.45) is 0.286. The van der Waals surface area contributed by atoms with E-state index in [9.17, 15) is 14.4 Å². The van der Waals surface area contributed by atoms with Crippen molar-refractivity contribution >= 4 is 23.5 Å². The zero-order valence-electron chi connectivity index (χ0n) is 13.7. The van der Waals surface area contributed by atoms with E-state index in [0.717, 1.165) is 4.90 Å². The molecule has 1 aliphatic rings. The molecule has 3 atom stereocenters. The van der Waals surface area contributed by atoms with Gasteiger partial charge in [0.1, 0.15) is 0 Å². The van der Waals surface area contributed by atoms with E-state index in [2.05, 4.69) is 0 Å². The normalized spacial score (nSPS) is 22.3. The lowest BCUT2D eigenvalue weighted by atomic mass is 9.90. The van der Waals surface area contributed by atoms with Crippen LogP contribution in [0.5, 0.6) is 0 Å². The second-order valence-electron chi connectivity index (χ2n) is 5.52. The van der Waals surface area contributed by atoms with E-state index in [4.69, 9.17) is 9.47 Å². The van der Waals surface area contributed by atoms with Crippen molar-refractivity contribution < 1.29 is 23.9 Å². The molecule has 0 N–H and O–H groups in total. The molecule has 0 aromatic heterocycles. The number of benzene rings is 1. The first-order valence-electron chi connectivity index (χ1n) is 7.55. The Labute approximate surface area is 135 Å². The van der Waals surface area contributed by atoms with Crippen LogP contribution in [0.4, 0.5) is 5.69 Å². The van der Waals surface area contributed by atoms with Crippen LogP contribution in [-0.2, 0) is 19.1 Å². The molecule has 6 heteroatoms. The quantitative estimate of drug-likeness (QED) is 0.613. The van der Waals surface area contributed by atoms with Gasteiger partial charge in [-0.05, 0) is 18.6 Å². The molecule has 1 fully saturated rings. The topological polar surface area (TPSA) is 72.9 Å². The minimum Gasteiger partial charge on any atom is -0.465 e. The predicted octanol–water partition coefficient (Wildman–Crippen LogP) is 2.02. The van der Waals surface area contributed by atoms with Gasteiger partial charge in [-0.3, -0.25) is 9.59 Å². The molecule has 6 nitrogen and oxygen atoms in total. The molecule has 0 radical (unpaired) electrons. The molecule has 1 aliphatic heterocycles. The second kappa shape index (κ2) is 6.91. The first kappa shape index (κ1) is 17.1. The van der Waals surface area contributed by atoms with Crippen LogP contribution in [0.2, 0.25) is 0 Å². The fourth-order valence-corrected chi connectivity index (χ4v) is 3.07. The number of imide groups is 1. The Bertz CT molecular complexity index is 623. The fourth-order valence-electron chi connectivity index (χ4n) is 3.07. The molecule has 124 valence electrons. The van der Waals surface area contributed by atoms with Crippen molar-refractivity contribution in [2.75, 3.05) is 19.1 Å². The lowest BCUT2D eigenvalue weighted by Crippen LogP contribution is -2.35. The van der Waals surface area contributed by atoms with E-state index in [-0.39, 0.29) is 29.2 Å². The third-order valence-corrected chi connectivity index (χ3v) is 4.31. The van der Waals surface area contributed by atoms with E-state index in [0.29, 0.717) is 6.42 Å². The third-order valence-electron chi connectivity index (χ3n) is 4.31. The minimum atomic E-state index is -0.587. The van der Waals surface area contributed by atoms with Crippen LogP contribution in [0.15, 0.2) is 24.3 Å². The van der Waals surface area contributed by atoms with Crippen LogP contribution < -0.4 is 4.90 Å². The number of amides is 2. The largest absolute Gasteiger partial charge is 0.465 e. The molecule has 0 spiro atoms. The van der Waals surface area contributed by atoms with Gasteiger partial charge < -0.3 is 9.47 Å². The summed E-state index contributed by atoms with van der Waals surface area (Å²) in [5.41, 5.74) is 0.449. The van der Waals surface area contributed by atoms with Crippen LogP contribution in [-0.4, -0.2) is 38.1 Å². The molecular weight excluding hydrogens is 298 g/mol. The van der Waals surface area contributed by atoms with Crippen LogP contribution in [0.25, 0.3) is 0 Å². The van der Waals surface area contributed by atoms with Crippen molar-refractivity contribution in [3.8, 4) is 0 Å². The van der Waals surface area contributed by atoms with E-state index in [1.165, 1.54) is 20.3 Å². The van der Waals surface area contributed by atoms with E-state index in [1.807, 2.05) is 6.92 Å². The number of hydrogen-bond acceptors (Lipinski definition) is 5. The highest BCUT2D eigenvalue weighted by Crippen LogP contribution is 2.36. The van der Waals surface area contributed by atoms with Crippen LogP contribution >= 0.6 is 0 Å². The summed E-state index contributed by atoms with van der Waals surface area (Å²) in [5, 5.41) is 0. The number of esters is 1. The maximum atomic E-state index is 12.8. The molecule has 1 aromatic carbocycles. The number of methoxy groups -OCH3 is 2. The summed E-state index contributed by atoms with van der Waals surface area (Å²) in [7, 11) is 2.79. The molecule has 1 saturated heterocycles. The molecule has 1 aromatic rings. The van der Waals surface area contributed by atoms with Gasteiger partial charge in [0.25, 0.3) is 0 Å². The van der Waals surface area contributed by atoms with Crippen molar-refractivity contribution in [1.29, 1.82) is 0 Å². The van der Waals surface area contributed by atoms with Gasteiger partial charge in [-0.15, -0.1) is 0 Å². The Morgan fingerprint density at radius 1 is 1.22 bits per heavy atom. The van der Waals surface area contributed by atoms with Gasteiger partial charge in [-0.1, -0.05) is 26.0 Å². The monoisotopic (exact) mass is 319 g/mol. The highest BCUT2D eigenvalue weighted by atomic mass is 16.5. The van der Waals surface area contributed by atoms with Gasteiger partial charge >= 0.3 is 5.97 Å². The van der Waals surface area contributed by atoms with E-state index < -0.39 is 17.8 Å². The lowest BCUT2D eigenvalue weighted by molar-refractivity contribution is -0.125. The second-order valence-corrected chi connectivity index (χ2v) is 5.52. The highest BCUT2D eigenvalue weighted by Gasteiger charge is 2.49. The SMILES string of the molecule is CCC(OC)C1C(=O)N(c2ccccc2C(=O)OC)C(=O)C1C. The summed E-state index contributed by atoms with van der Waals surface area (Å²) in [4.78, 5) is 38.4. The first-order valence-corrected chi connectivity index (χ1v) is 7.55. The first-order chi connectivity index (χ1) is 11.0. The standard InChI is InChI=1S/C17H21NO5/c1-5-13(22-3)14-10(2)15(19)18(16(14)20)12-9-7-6-8-11(12)17(21)23-4/h6-10,13-14H,5H2,1-4H3. The van der Waals surface area contributed by atoms with Gasteiger partial charge in [0, 0.05) is 7.11 Å². The average molecular weight is 319 g/mol. The van der Waals surface area contributed by atoms with Crippen molar-refractivity contribution in [3.63, 3.8) is 0 Å². The van der Waals surface area contributed by atoms with Crippen LogP contribution in [0, 0.1) is 11.8 Å². The van der Waals surface area contributed by atoms with Gasteiger partial charge in [-0.25, -0.2) is 9.69 Å². The Morgan fingerprint density at radius 3 is 2.43 bits per heavy atom. The molecule has 0 aliphatic carbocycles. The lowest BCUT2D eigenvalue weighted by Gasteiger charge is -2.21. The van der Waals surface area contributed by atoms with Gasteiger partial charge in [-0.2, -0.15) is 0 Å². The summed E-state index contributed by atoms with van der Waals surface area (Å²) < 4.78 is 10.1. The molecular formula is C17H21NO5. The third kappa shape index (κ3) is 2.86. The zero-order valence-corrected chi connectivity index (χ0v) is 13.7. The summed E-state index contributed by atoms with van der Waals surface area (Å²) in [5.74, 6) is -2.31. The maximum Gasteiger partial charge on any atom is 0.339 e. The van der Waals surface area contributed by atoms with Crippen molar-refractivity contribution in [3.05, 3.63) is 29.8 Å². The molecule has 2 amide bonds. The molecule has 23 heavy (non-hydrogen) atoms. The number of para-hydroxylation sites is 1. The van der Waals surface area contributed by atoms with Crippen molar-refractivity contribution in [2.45, 2.75) is 26.4 Å². The Balaban J connectivity index is 2.47. The fraction of sp³-hybridized carbons (Fsp3) is 0.471. The van der Waals surface area contributed by atoms with Crippen LogP contribution in [0.3, 0.4) is 0 Å². The van der Waals surface area contributed by atoms with Crippen LogP contribution in [0.1, 0.15) is 30.6 Å². The molecule has 2 rings (SSSR count). The number of carbonyl (C=O) groups excluding carboxylic acids is 3. The highest BCUT2D eigenvalue weighted by molar-refractivity contribution is 6.23. The average Bonchev–Trinajstić information content (AvgIpc) is 2.79. The van der Waals surface area contributed by atoms with Crippen molar-refractivity contribution in [1.82, 2.24) is 0 Å². The number of rotatable bonds is 5. The maximum absolute atomic E-state index is 12.8. The summed E-state index contributed by atoms with van der Waals surface area (Å²) in [6, 6.07) is 6.44. The molecule has 3 unspecified atom stereocenters. The Hall–Kier alpha value is -2.21. The minimum absolute atomic E-state index is 0.190. The molecule has 0 saturated carbocycles. The van der Waals surface area contributed by atoms with Gasteiger partial charge in [0.05, 0.1) is 36.3 Å². The number of hydrogen-bond donors (Lipinski definition) is 0. The van der Waals surface area contributed by atoms with E-state index in [1.54, 1.807) is 25.1 Å². The van der Waals surface area contributed by atoms with E-state index >= 15 is 0 Å². The number of anilines is 1. The predicted molar refractivity (Wildman–Crippen MR) is 84.0 cm³/mol. The smallest absolute Gasteiger partial charge is 0.339 e. The zero-order chi connectivity index (χ0) is 17.1. The van der Waals surface area contributed by atoms with Gasteiger partial charge in [0.2, 0.25) is 11.8 Å². The number of carbonyl (C=O) groups is 3. The summed E-state index contributed by atoms with van der Waals surface area (Å²) in [6.45, 7) is 3.62. The van der Waals surface area contributed by atoms with Crippen molar-refractivity contribution in [2.24, 2.45) is 11.8 Å². The summed E-state index contributed by atoms with van der Waals surface area (Å²) >= 11 is 0. The number of ether oxygens (including phenoxy) is 2. The number of nitrogens with zero attached hydrogens (tertiary/aromatic N) is 1. The Kier molecular flexibility index (Phi) is 5.15.